The van der Waals surface area contributed by atoms with Gasteiger partial charge in [-0.05, 0) is 52.0 Å². The van der Waals surface area contributed by atoms with Crippen LogP contribution in [0.5, 0.6) is 0 Å². The summed E-state index contributed by atoms with van der Waals surface area (Å²) >= 11 is 0. The summed E-state index contributed by atoms with van der Waals surface area (Å²) in [6, 6.07) is 5.31. The van der Waals surface area contributed by atoms with Crippen LogP contribution in [0, 0.1) is 0 Å². The molecule has 0 saturated carbocycles. The summed E-state index contributed by atoms with van der Waals surface area (Å²) in [7, 11) is -2.01. The van der Waals surface area contributed by atoms with E-state index in [0.29, 0.717) is 5.69 Å². The first-order valence-corrected chi connectivity index (χ1v) is 9.40. The third kappa shape index (κ3) is 6.35. The zero-order valence-electron chi connectivity index (χ0n) is 15.2. The number of sulfonamides is 1. The molecule has 140 valence electrons. The second-order valence-corrected chi connectivity index (χ2v) is 8.17. The van der Waals surface area contributed by atoms with Crippen molar-refractivity contribution in [1.82, 2.24) is 14.9 Å². The molecule has 1 aromatic carbocycles. The number of benzene rings is 1. The molecule has 0 fully saturated rings. The van der Waals surface area contributed by atoms with Gasteiger partial charge in [-0.15, -0.1) is 0 Å². The Morgan fingerprint density at radius 1 is 1.08 bits per heavy atom. The van der Waals surface area contributed by atoms with Crippen molar-refractivity contribution < 1.29 is 18.0 Å². The van der Waals surface area contributed by atoms with E-state index in [9.17, 15) is 18.0 Å². The van der Waals surface area contributed by atoms with Crippen molar-refractivity contribution in [3.05, 3.63) is 24.3 Å². The number of hydrogen-bond acceptors (Lipinski definition) is 5. The fourth-order valence-corrected chi connectivity index (χ4v) is 3.21. The van der Waals surface area contributed by atoms with Gasteiger partial charge < -0.3 is 10.6 Å². The Morgan fingerprint density at radius 2 is 1.64 bits per heavy atom. The Labute approximate surface area is 149 Å². The Bertz CT molecular complexity index is 699. The van der Waals surface area contributed by atoms with Gasteiger partial charge in [-0.2, -0.15) is 4.31 Å². The zero-order chi connectivity index (χ0) is 19.2. The molecule has 8 nitrogen and oxygen atoms in total. The van der Waals surface area contributed by atoms with Crippen LogP contribution in [0.3, 0.4) is 0 Å². The first kappa shape index (κ1) is 20.9. The SMILES string of the molecule is CC(C)NC(=O)NC(=O)CNc1ccc(S(=O)(=O)N(C)C(C)C)cc1. The standard InChI is InChI=1S/C16H26N4O4S/c1-11(2)18-16(22)19-15(21)10-17-13-6-8-14(9-7-13)25(23,24)20(5)12(3)4/h6-9,11-12,17H,10H2,1-5H3,(H2,18,19,21,22). The molecule has 1 aromatic rings. The molecule has 0 aliphatic carbocycles. The maximum Gasteiger partial charge on any atom is 0.321 e. The molecule has 0 aliphatic heterocycles. The molecule has 0 heterocycles. The number of nitrogens with one attached hydrogen (secondary N) is 3. The van der Waals surface area contributed by atoms with Crippen molar-refractivity contribution in [2.45, 2.75) is 44.7 Å². The molecule has 3 amide bonds. The molecule has 25 heavy (non-hydrogen) atoms. The third-order valence-electron chi connectivity index (χ3n) is 3.38. The minimum atomic E-state index is -3.54. The molecular formula is C16H26N4O4S. The van der Waals surface area contributed by atoms with E-state index in [-0.39, 0.29) is 23.5 Å². The lowest BCUT2D eigenvalue weighted by molar-refractivity contribution is -0.118. The normalized spacial score (nSPS) is 11.7. The molecule has 0 spiro atoms. The van der Waals surface area contributed by atoms with Gasteiger partial charge in [0.05, 0.1) is 11.4 Å². The third-order valence-corrected chi connectivity index (χ3v) is 5.43. The number of carbonyl (C=O) groups is 2. The number of carbonyl (C=O) groups excluding carboxylic acids is 2. The molecule has 0 aliphatic rings. The fourth-order valence-electron chi connectivity index (χ4n) is 1.84. The van der Waals surface area contributed by atoms with Gasteiger partial charge in [0.15, 0.2) is 0 Å². The molecule has 9 heteroatoms. The maximum absolute atomic E-state index is 12.4. The predicted octanol–water partition coefficient (Wildman–Crippen LogP) is 1.36. The van der Waals surface area contributed by atoms with Crippen molar-refractivity contribution in [2.75, 3.05) is 18.9 Å². The molecule has 0 unspecified atom stereocenters. The lowest BCUT2D eigenvalue weighted by atomic mass is 10.3. The van der Waals surface area contributed by atoms with Gasteiger partial charge in [0.2, 0.25) is 15.9 Å². The van der Waals surface area contributed by atoms with Gasteiger partial charge in [0.1, 0.15) is 0 Å². The number of imide groups is 1. The monoisotopic (exact) mass is 370 g/mol. The van der Waals surface area contributed by atoms with Crippen LogP contribution in [0.4, 0.5) is 10.5 Å². The highest BCUT2D eigenvalue weighted by atomic mass is 32.2. The summed E-state index contributed by atoms with van der Waals surface area (Å²) in [5.74, 6) is -0.491. The van der Waals surface area contributed by atoms with Gasteiger partial charge in [0, 0.05) is 24.8 Å². The van der Waals surface area contributed by atoms with Crippen LogP contribution in [-0.2, 0) is 14.8 Å². The van der Waals surface area contributed by atoms with Crippen molar-refractivity contribution >= 4 is 27.6 Å². The van der Waals surface area contributed by atoms with E-state index < -0.39 is 22.0 Å². The van der Waals surface area contributed by atoms with Crippen molar-refractivity contribution in [3.8, 4) is 0 Å². The lowest BCUT2D eigenvalue weighted by Crippen LogP contribution is -2.44. The van der Waals surface area contributed by atoms with Gasteiger partial charge in [-0.3, -0.25) is 10.1 Å². The van der Waals surface area contributed by atoms with Crippen LogP contribution in [0.2, 0.25) is 0 Å². The second-order valence-electron chi connectivity index (χ2n) is 6.17. The van der Waals surface area contributed by atoms with E-state index in [2.05, 4.69) is 16.0 Å². The van der Waals surface area contributed by atoms with Crippen molar-refractivity contribution in [1.29, 1.82) is 0 Å². The number of nitrogens with zero attached hydrogens (tertiary/aromatic N) is 1. The molecule has 0 radical (unpaired) electrons. The second kappa shape index (κ2) is 8.82. The number of hydrogen-bond donors (Lipinski definition) is 3. The van der Waals surface area contributed by atoms with Crippen LogP contribution in [0.15, 0.2) is 29.2 Å². The van der Waals surface area contributed by atoms with Gasteiger partial charge >= 0.3 is 6.03 Å². The average Bonchev–Trinajstić information content (AvgIpc) is 2.51. The Morgan fingerprint density at radius 3 is 2.12 bits per heavy atom. The zero-order valence-corrected chi connectivity index (χ0v) is 16.0. The fraction of sp³-hybridized carbons (Fsp3) is 0.500. The van der Waals surface area contributed by atoms with E-state index in [1.807, 2.05) is 0 Å². The molecule has 0 bridgehead atoms. The topological polar surface area (TPSA) is 108 Å². The van der Waals surface area contributed by atoms with Crippen LogP contribution >= 0.6 is 0 Å². The molecule has 1 rings (SSSR count). The highest BCUT2D eigenvalue weighted by Gasteiger charge is 2.22. The summed E-state index contributed by atoms with van der Waals surface area (Å²) in [6.07, 6.45) is 0. The summed E-state index contributed by atoms with van der Waals surface area (Å²) < 4.78 is 26.0. The first-order chi connectivity index (χ1) is 11.5. The highest BCUT2D eigenvalue weighted by molar-refractivity contribution is 7.89. The average molecular weight is 370 g/mol. The van der Waals surface area contributed by atoms with E-state index in [1.54, 1.807) is 39.8 Å². The van der Waals surface area contributed by atoms with Crippen molar-refractivity contribution in [3.63, 3.8) is 0 Å². The van der Waals surface area contributed by atoms with E-state index >= 15 is 0 Å². The van der Waals surface area contributed by atoms with Gasteiger partial charge in [0.25, 0.3) is 0 Å². The van der Waals surface area contributed by atoms with Crippen LogP contribution in [0.25, 0.3) is 0 Å². The molecule has 0 atom stereocenters. The van der Waals surface area contributed by atoms with Gasteiger partial charge in [-0.25, -0.2) is 13.2 Å². The van der Waals surface area contributed by atoms with Gasteiger partial charge in [-0.1, -0.05) is 0 Å². The van der Waals surface area contributed by atoms with Crippen molar-refractivity contribution in [2.24, 2.45) is 0 Å². The minimum Gasteiger partial charge on any atom is -0.376 e. The molecule has 0 saturated heterocycles. The number of rotatable bonds is 7. The highest BCUT2D eigenvalue weighted by Crippen LogP contribution is 2.18. The Kier molecular flexibility index (Phi) is 7.38. The summed E-state index contributed by atoms with van der Waals surface area (Å²) in [5, 5.41) is 7.57. The van der Waals surface area contributed by atoms with E-state index in [1.165, 1.54) is 23.5 Å². The van der Waals surface area contributed by atoms with E-state index in [4.69, 9.17) is 0 Å². The Balaban J connectivity index is 2.63. The maximum atomic E-state index is 12.4. The first-order valence-electron chi connectivity index (χ1n) is 7.96. The number of urea groups is 1. The molecule has 0 aromatic heterocycles. The van der Waals surface area contributed by atoms with Crippen LogP contribution in [0.1, 0.15) is 27.7 Å². The smallest absolute Gasteiger partial charge is 0.321 e. The Hall–Kier alpha value is -2.13. The van der Waals surface area contributed by atoms with E-state index in [0.717, 1.165) is 0 Å². The quantitative estimate of drug-likeness (QED) is 0.672. The minimum absolute atomic E-state index is 0.0702. The van der Waals surface area contributed by atoms with Crippen LogP contribution in [-0.4, -0.2) is 50.3 Å². The lowest BCUT2D eigenvalue weighted by Gasteiger charge is -2.21. The summed E-state index contributed by atoms with van der Waals surface area (Å²) in [4.78, 5) is 23.2. The van der Waals surface area contributed by atoms with Crippen LogP contribution < -0.4 is 16.0 Å². The summed E-state index contributed by atoms with van der Waals surface area (Å²) in [6.45, 7) is 7.05. The summed E-state index contributed by atoms with van der Waals surface area (Å²) in [5.41, 5.74) is 0.575. The number of amides is 3. The molecule has 3 N–H and O–H groups in total. The molecular weight excluding hydrogens is 344 g/mol. The predicted molar refractivity (Wildman–Crippen MR) is 96.8 cm³/mol. The number of anilines is 1. The largest absolute Gasteiger partial charge is 0.376 e.